The molecule has 2 aromatic carbocycles. The number of carbonyl (C=O) groups is 2. The van der Waals surface area contributed by atoms with Crippen molar-refractivity contribution in [2.45, 2.75) is 18.4 Å². The van der Waals surface area contributed by atoms with E-state index >= 15 is 0 Å². The summed E-state index contributed by atoms with van der Waals surface area (Å²) in [4.78, 5) is 25.8. The average Bonchev–Trinajstić information content (AvgIpc) is 2.88. The summed E-state index contributed by atoms with van der Waals surface area (Å²) in [5, 5.41) is 6.87. The normalized spacial score (nSPS) is 23.5. The molecule has 6 heteroatoms. The summed E-state index contributed by atoms with van der Waals surface area (Å²) in [6.07, 6.45) is 1.47. The maximum Gasteiger partial charge on any atom is 0.244 e. The first kappa shape index (κ1) is 17.8. The molecule has 0 aliphatic carbocycles. The van der Waals surface area contributed by atoms with Crippen LogP contribution in [-0.2, 0) is 15.0 Å². The number of fused-ring (bicyclic) bond motifs is 2. The van der Waals surface area contributed by atoms with Crippen LogP contribution in [0.15, 0.2) is 60.7 Å². The van der Waals surface area contributed by atoms with E-state index in [2.05, 4.69) is 17.2 Å². The fourth-order valence-corrected chi connectivity index (χ4v) is 4.38. The van der Waals surface area contributed by atoms with Crippen LogP contribution in [0.4, 0.5) is 5.69 Å². The van der Waals surface area contributed by atoms with Crippen LogP contribution in [0.2, 0.25) is 10.0 Å². The summed E-state index contributed by atoms with van der Waals surface area (Å²) < 4.78 is 0. The molecule has 0 saturated carbocycles. The first-order chi connectivity index (χ1) is 12.8. The number of amides is 2. The van der Waals surface area contributed by atoms with E-state index in [0.717, 1.165) is 5.56 Å². The monoisotopic (exact) mass is 398 g/mol. The van der Waals surface area contributed by atoms with Crippen molar-refractivity contribution in [2.75, 3.05) is 5.32 Å². The summed E-state index contributed by atoms with van der Waals surface area (Å²) >= 11 is 12.3. The largest absolute Gasteiger partial charge is 0.344 e. The average molecular weight is 399 g/mol. The maximum atomic E-state index is 13.4. The molecule has 4 nitrogen and oxygen atoms in total. The van der Waals surface area contributed by atoms with Gasteiger partial charge in [0.05, 0.1) is 6.04 Å². The predicted molar refractivity (Wildman–Crippen MR) is 108 cm³/mol. The fraction of sp³-hybridized carbons (Fsp3) is 0.143. The first-order valence-electron chi connectivity index (χ1n) is 8.39. The lowest BCUT2D eigenvalue weighted by Gasteiger charge is -2.41. The fourth-order valence-electron chi connectivity index (χ4n) is 4.01. The Kier molecular flexibility index (Phi) is 4.13. The molecule has 0 bridgehead atoms. The number of rotatable bonds is 2. The van der Waals surface area contributed by atoms with Crippen molar-refractivity contribution in [1.29, 1.82) is 0 Å². The number of benzene rings is 2. The molecule has 27 heavy (non-hydrogen) atoms. The molecule has 0 unspecified atom stereocenters. The third-order valence-electron chi connectivity index (χ3n) is 5.06. The number of hydrogen-bond acceptors (Lipinski definition) is 2. The van der Waals surface area contributed by atoms with E-state index < -0.39 is 11.5 Å². The number of nitrogens with one attached hydrogen (secondary N) is 2. The molecular weight excluding hydrogens is 383 g/mol. The van der Waals surface area contributed by atoms with E-state index in [0.29, 0.717) is 32.4 Å². The van der Waals surface area contributed by atoms with Gasteiger partial charge in [0.1, 0.15) is 5.41 Å². The minimum atomic E-state index is -1.15. The highest BCUT2D eigenvalue weighted by Gasteiger charge is 2.57. The number of hydrogen-bond donors (Lipinski definition) is 2. The van der Waals surface area contributed by atoms with Crippen molar-refractivity contribution in [3.63, 3.8) is 0 Å². The predicted octanol–water partition coefficient (Wildman–Crippen LogP) is 4.34. The molecule has 2 amide bonds. The van der Waals surface area contributed by atoms with Crippen LogP contribution >= 0.6 is 23.2 Å². The zero-order valence-electron chi connectivity index (χ0n) is 14.5. The molecule has 2 aliphatic rings. The summed E-state index contributed by atoms with van der Waals surface area (Å²) in [6, 6.07) is 11.8. The van der Waals surface area contributed by atoms with Crippen LogP contribution in [0.25, 0.3) is 5.57 Å². The highest BCUT2D eigenvalue weighted by Crippen LogP contribution is 2.52. The molecule has 2 N–H and O–H groups in total. The van der Waals surface area contributed by atoms with Gasteiger partial charge in [0.15, 0.2) is 0 Å². The topological polar surface area (TPSA) is 58.2 Å². The summed E-state index contributed by atoms with van der Waals surface area (Å²) in [5.41, 5.74) is 2.19. The molecule has 2 aromatic rings. The second-order valence-corrected chi connectivity index (χ2v) is 7.68. The third-order valence-corrected chi connectivity index (χ3v) is 5.53. The Labute approximate surface area is 166 Å². The summed E-state index contributed by atoms with van der Waals surface area (Å²) in [5.74, 6) is -0.516. The van der Waals surface area contributed by atoms with E-state index in [-0.39, 0.29) is 11.8 Å². The Morgan fingerprint density at radius 1 is 1.11 bits per heavy atom. The lowest BCUT2D eigenvalue weighted by Crippen LogP contribution is -2.58. The SMILES string of the molecule is C=C(C)[C@H]1NC(=O)C=C(c2cccc(Cl)c2)[C@]12C(=O)Nc1cc(Cl)ccc12. The molecular formula is C21H16Cl2N2O2. The molecule has 1 spiro atoms. The van der Waals surface area contributed by atoms with Crippen LogP contribution in [0.5, 0.6) is 0 Å². The molecule has 0 saturated heterocycles. The Balaban J connectivity index is 2.07. The van der Waals surface area contributed by atoms with Gasteiger partial charge in [0, 0.05) is 21.8 Å². The van der Waals surface area contributed by atoms with Gasteiger partial charge in [0.2, 0.25) is 11.8 Å². The summed E-state index contributed by atoms with van der Waals surface area (Å²) in [7, 11) is 0. The number of carbonyl (C=O) groups excluding carboxylic acids is 2. The molecule has 0 fully saturated rings. The Morgan fingerprint density at radius 3 is 2.56 bits per heavy atom. The molecule has 0 radical (unpaired) electrons. The molecule has 136 valence electrons. The lowest BCUT2D eigenvalue weighted by atomic mass is 9.64. The van der Waals surface area contributed by atoms with Crippen molar-refractivity contribution in [3.8, 4) is 0 Å². The van der Waals surface area contributed by atoms with Gasteiger partial charge in [-0.1, -0.05) is 53.6 Å². The third kappa shape index (κ3) is 2.59. The maximum absolute atomic E-state index is 13.4. The highest BCUT2D eigenvalue weighted by atomic mass is 35.5. The van der Waals surface area contributed by atoms with Gasteiger partial charge in [-0.25, -0.2) is 0 Å². The highest BCUT2D eigenvalue weighted by molar-refractivity contribution is 6.32. The van der Waals surface area contributed by atoms with Crippen molar-refractivity contribution in [3.05, 3.63) is 81.9 Å². The van der Waals surface area contributed by atoms with Crippen molar-refractivity contribution < 1.29 is 9.59 Å². The van der Waals surface area contributed by atoms with E-state index in [1.54, 1.807) is 37.3 Å². The van der Waals surface area contributed by atoms with E-state index in [4.69, 9.17) is 23.2 Å². The molecule has 4 rings (SSSR count). The smallest absolute Gasteiger partial charge is 0.244 e. The Hall–Kier alpha value is -2.56. The number of halogens is 2. The quantitative estimate of drug-likeness (QED) is 0.739. The van der Waals surface area contributed by atoms with Gasteiger partial charge in [-0.15, -0.1) is 0 Å². The Bertz CT molecular complexity index is 1040. The van der Waals surface area contributed by atoms with Gasteiger partial charge >= 0.3 is 0 Å². The minimum Gasteiger partial charge on any atom is -0.344 e. The zero-order chi connectivity index (χ0) is 19.3. The van der Waals surface area contributed by atoms with Crippen molar-refractivity contribution in [1.82, 2.24) is 5.32 Å². The molecule has 0 aromatic heterocycles. The van der Waals surface area contributed by atoms with Crippen molar-refractivity contribution in [2.24, 2.45) is 0 Å². The van der Waals surface area contributed by atoms with Crippen molar-refractivity contribution >= 4 is 46.3 Å². The van der Waals surface area contributed by atoms with E-state index in [9.17, 15) is 9.59 Å². The van der Waals surface area contributed by atoms with Crippen LogP contribution in [0.3, 0.4) is 0 Å². The van der Waals surface area contributed by atoms with Gasteiger partial charge < -0.3 is 10.6 Å². The Morgan fingerprint density at radius 2 is 1.85 bits per heavy atom. The van der Waals surface area contributed by atoms with E-state index in [1.165, 1.54) is 6.08 Å². The van der Waals surface area contributed by atoms with Gasteiger partial charge in [0.25, 0.3) is 0 Å². The molecule has 2 heterocycles. The van der Waals surface area contributed by atoms with Crippen LogP contribution in [-0.4, -0.2) is 17.9 Å². The van der Waals surface area contributed by atoms with Crippen LogP contribution in [0, 0.1) is 0 Å². The van der Waals surface area contributed by atoms with Gasteiger partial charge in [-0.05, 0) is 47.9 Å². The van der Waals surface area contributed by atoms with E-state index in [1.807, 2.05) is 12.1 Å². The molecule has 2 aliphatic heterocycles. The lowest BCUT2D eigenvalue weighted by molar-refractivity contribution is -0.121. The second kappa shape index (κ2) is 6.25. The van der Waals surface area contributed by atoms with Crippen LogP contribution < -0.4 is 10.6 Å². The van der Waals surface area contributed by atoms with Gasteiger partial charge in [-0.2, -0.15) is 0 Å². The standard InChI is InChI=1S/C21H16Cl2N2O2/c1-11(2)19-21(15-7-6-14(23)9-17(15)24-20(21)27)16(10-18(26)25-19)12-4-3-5-13(22)8-12/h3-10,19H,1H2,2H3,(H,24,27)(H,25,26)/t19-,21+/m1/s1. The summed E-state index contributed by atoms with van der Waals surface area (Å²) in [6.45, 7) is 5.83. The van der Waals surface area contributed by atoms with Gasteiger partial charge in [-0.3, -0.25) is 9.59 Å². The first-order valence-corrected chi connectivity index (χ1v) is 9.15. The number of anilines is 1. The minimum absolute atomic E-state index is 0.237. The molecule has 2 atom stereocenters. The van der Waals surface area contributed by atoms with Crippen LogP contribution in [0.1, 0.15) is 18.1 Å². The second-order valence-electron chi connectivity index (χ2n) is 6.81. The zero-order valence-corrected chi connectivity index (χ0v) is 16.0.